The Balaban J connectivity index is 1.49. The molecule has 0 unspecified atom stereocenters. The van der Waals surface area contributed by atoms with Crippen LogP contribution in [0.4, 0.5) is 0 Å². The van der Waals surface area contributed by atoms with Gasteiger partial charge in [0.15, 0.2) is 0 Å². The van der Waals surface area contributed by atoms with E-state index in [-0.39, 0.29) is 9.77 Å². The van der Waals surface area contributed by atoms with E-state index in [0.717, 1.165) is 41.3 Å². The fourth-order valence-corrected chi connectivity index (χ4v) is 6.75. The van der Waals surface area contributed by atoms with Crippen molar-refractivity contribution in [3.63, 3.8) is 0 Å². The van der Waals surface area contributed by atoms with Crippen molar-refractivity contribution in [2.75, 3.05) is 13.1 Å². The third-order valence-electron chi connectivity index (χ3n) is 5.50. The number of para-hydroxylation sites is 1. The molecule has 3 aromatic rings. The van der Waals surface area contributed by atoms with Crippen LogP contribution in [-0.2, 0) is 10.0 Å². The van der Waals surface area contributed by atoms with Crippen molar-refractivity contribution in [3.8, 4) is 5.69 Å². The number of sulfonamides is 1. The lowest BCUT2D eigenvalue weighted by atomic mass is 10.2. The van der Waals surface area contributed by atoms with Crippen molar-refractivity contribution in [1.29, 1.82) is 0 Å². The third-order valence-corrected chi connectivity index (χ3v) is 8.48. The van der Waals surface area contributed by atoms with Crippen LogP contribution in [0.5, 0.6) is 0 Å². The molecule has 0 saturated carbocycles. The lowest BCUT2D eigenvalue weighted by Crippen LogP contribution is -2.42. The molecular weight excluding hydrogens is 448 g/mol. The maximum absolute atomic E-state index is 12.9. The van der Waals surface area contributed by atoms with Crippen LogP contribution in [0.3, 0.4) is 0 Å². The molecule has 10 heteroatoms. The van der Waals surface area contributed by atoms with E-state index in [4.69, 9.17) is 0 Å². The summed E-state index contributed by atoms with van der Waals surface area (Å²) < 4.78 is 29.1. The van der Waals surface area contributed by atoms with Gasteiger partial charge in [0, 0.05) is 30.2 Å². The number of carbonyl (C=O) groups is 2. The first-order chi connectivity index (χ1) is 15.3. The summed E-state index contributed by atoms with van der Waals surface area (Å²) in [6, 6.07) is 12.8. The molecule has 0 atom stereocenters. The number of hydrogen-bond donors (Lipinski definition) is 2. The minimum Gasteiger partial charge on any atom is -0.318 e. The Hall–Kier alpha value is -2.95. The summed E-state index contributed by atoms with van der Waals surface area (Å²) in [7, 11) is -3.73. The molecule has 168 valence electrons. The zero-order chi connectivity index (χ0) is 22.9. The van der Waals surface area contributed by atoms with Crippen molar-refractivity contribution in [2.24, 2.45) is 0 Å². The number of hydrogen-bond acceptors (Lipinski definition) is 5. The molecule has 8 nitrogen and oxygen atoms in total. The van der Waals surface area contributed by atoms with Gasteiger partial charge in [-0.05, 0) is 56.3 Å². The summed E-state index contributed by atoms with van der Waals surface area (Å²) in [5.74, 6) is -1.14. The number of hydrazine groups is 1. The zero-order valence-corrected chi connectivity index (χ0v) is 19.4. The lowest BCUT2D eigenvalue weighted by Gasteiger charge is -2.15. The second kappa shape index (κ2) is 8.89. The van der Waals surface area contributed by atoms with Crippen molar-refractivity contribution >= 4 is 33.2 Å². The van der Waals surface area contributed by atoms with Gasteiger partial charge in [-0.1, -0.05) is 18.2 Å². The largest absolute Gasteiger partial charge is 0.318 e. The molecule has 0 spiro atoms. The fourth-order valence-electron chi connectivity index (χ4n) is 3.94. The topological polar surface area (TPSA) is 101 Å². The average Bonchev–Trinajstić information content (AvgIpc) is 3.53. The molecular formula is C22H24N4O4S2. The lowest BCUT2D eigenvalue weighted by molar-refractivity contribution is 0.0847. The quantitative estimate of drug-likeness (QED) is 0.558. The fraction of sp³-hybridized carbons (Fsp3) is 0.273. The van der Waals surface area contributed by atoms with Gasteiger partial charge in [0.1, 0.15) is 9.77 Å². The van der Waals surface area contributed by atoms with E-state index in [0.29, 0.717) is 18.7 Å². The summed E-state index contributed by atoms with van der Waals surface area (Å²) in [5, 5.41) is 1.56. The van der Waals surface area contributed by atoms with Gasteiger partial charge in [0.2, 0.25) is 10.0 Å². The number of nitrogens with one attached hydrogen (secondary N) is 2. The molecule has 2 N–H and O–H groups in total. The van der Waals surface area contributed by atoms with Gasteiger partial charge in [-0.15, -0.1) is 11.3 Å². The molecule has 0 radical (unpaired) electrons. The van der Waals surface area contributed by atoms with Crippen LogP contribution in [0.25, 0.3) is 5.69 Å². The molecule has 2 amide bonds. The Labute approximate surface area is 190 Å². The van der Waals surface area contributed by atoms with Gasteiger partial charge < -0.3 is 4.57 Å². The molecule has 4 rings (SSSR count). The Morgan fingerprint density at radius 1 is 0.969 bits per heavy atom. The monoisotopic (exact) mass is 472 g/mol. The highest BCUT2D eigenvalue weighted by Crippen LogP contribution is 2.27. The first-order valence-corrected chi connectivity index (χ1v) is 12.6. The highest BCUT2D eigenvalue weighted by Gasteiger charge is 2.32. The first kappa shape index (κ1) is 22.3. The van der Waals surface area contributed by atoms with Crippen LogP contribution >= 0.6 is 11.3 Å². The summed E-state index contributed by atoms with van der Waals surface area (Å²) >= 11 is 1.02. The number of nitrogens with zero attached hydrogens (tertiary/aromatic N) is 2. The molecule has 1 saturated heterocycles. The van der Waals surface area contributed by atoms with Crippen molar-refractivity contribution in [1.82, 2.24) is 19.7 Å². The van der Waals surface area contributed by atoms with Crippen LogP contribution in [0, 0.1) is 13.8 Å². The van der Waals surface area contributed by atoms with Crippen LogP contribution in [0.15, 0.2) is 52.7 Å². The SMILES string of the molecule is Cc1cc(C(=O)NNC(=O)c2sccc2S(=O)(=O)N2CCCC2)c(C)n1-c1ccccc1. The molecule has 1 aliphatic heterocycles. The summed E-state index contributed by atoms with van der Waals surface area (Å²) in [6.07, 6.45) is 1.62. The van der Waals surface area contributed by atoms with Crippen LogP contribution in [-0.4, -0.2) is 42.2 Å². The maximum Gasteiger partial charge on any atom is 0.281 e. The Bertz CT molecular complexity index is 1260. The van der Waals surface area contributed by atoms with E-state index in [1.54, 1.807) is 11.4 Å². The second-order valence-corrected chi connectivity index (χ2v) is 10.4. The normalized spacial score (nSPS) is 14.4. The standard InChI is InChI=1S/C22H24N4O4S2/c1-15-14-18(16(2)26(15)17-8-4-3-5-9-17)21(27)23-24-22(28)20-19(10-13-31-20)32(29,30)25-11-6-7-12-25/h3-5,8-10,13-14H,6-7,11-12H2,1-2H3,(H,23,27)(H,24,28). The third kappa shape index (κ3) is 4.08. The highest BCUT2D eigenvalue weighted by atomic mass is 32.2. The molecule has 3 heterocycles. The van der Waals surface area contributed by atoms with Gasteiger partial charge in [-0.25, -0.2) is 8.42 Å². The molecule has 0 aliphatic carbocycles. The minimum absolute atomic E-state index is 0.0293. The molecule has 2 aromatic heterocycles. The van der Waals surface area contributed by atoms with Gasteiger partial charge in [0.25, 0.3) is 11.8 Å². The maximum atomic E-state index is 12.9. The van der Waals surface area contributed by atoms with E-state index >= 15 is 0 Å². The van der Waals surface area contributed by atoms with Crippen LogP contribution < -0.4 is 10.9 Å². The number of carbonyl (C=O) groups excluding carboxylic acids is 2. The van der Waals surface area contributed by atoms with E-state index in [9.17, 15) is 18.0 Å². The zero-order valence-electron chi connectivity index (χ0n) is 17.8. The van der Waals surface area contributed by atoms with Gasteiger partial charge in [0.05, 0.1) is 5.56 Å². The Morgan fingerprint density at radius 2 is 1.62 bits per heavy atom. The minimum atomic E-state index is -3.73. The number of thiophene rings is 1. The Morgan fingerprint density at radius 3 is 2.31 bits per heavy atom. The van der Waals surface area contributed by atoms with E-state index < -0.39 is 21.8 Å². The Kier molecular flexibility index (Phi) is 6.18. The predicted octanol–water partition coefficient (Wildman–Crippen LogP) is 3.01. The second-order valence-electron chi connectivity index (χ2n) is 7.59. The van der Waals surface area contributed by atoms with Crippen LogP contribution in [0.1, 0.15) is 44.3 Å². The van der Waals surface area contributed by atoms with Gasteiger partial charge >= 0.3 is 0 Å². The summed E-state index contributed by atoms with van der Waals surface area (Å²) in [6.45, 7) is 4.63. The van der Waals surface area contributed by atoms with Crippen molar-refractivity contribution < 1.29 is 18.0 Å². The molecule has 32 heavy (non-hydrogen) atoms. The predicted molar refractivity (Wildman–Crippen MR) is 122 cm³/mol. The number of benzene rings is 1. The molecule has 1 aromatic carbocycles. The van der Waals surface area contributed by atoms with Gasteiger partial charge in [-0.3, -0.25) is 20.4 Å². The summed E-state index contributed by atoms with van der Waals surface area (Å²) in [4.78, 5) is 25.5. The van der Waals surface area contributed by atoms with E-state index in [2.05, 4.69) is 10.9 Å². The van der Waals surface area contributed by atoms with E-state index in [1.165, 1.54) is 10.4 Å². The average molecular weight is 473 g/mol. The van der Waals surface area contributed by atoms with E-state index in [1.807, 2.05) is 48.7 Å². The number of rotatable bonds is 5. The first-order valence-electron chi connectivity index (χ1n) is 10.2. The smallest absolute Gasteiger partial charge is 0.281 e. The number of aromatic nitrogens is 1. The van der Waals surface area contributed by atoms with Crippen molar-refractivity contribution in [2.45, 2.75) is 31.6 Å². The number of aryl methyl sites for hydroxylation is 1. The number of amides is 2. The van der Waals surface area contributed by atoms with Crippen molar-refractivity contribution in [3.05, 3.63) is 69.7 Å². The van der Waals surface area contributed by atoms with Crippen LogP contribution in [0.2, 0.25) is 0 Å². The molecule has 1 aliphatic rings. The highest BCUT2D eigenvalue weighted by molar-refractivity contribution is 7.89. The summed E-state index contributed by atoms with van der Waals surface area (Å²) in [5.41, 5.74) is 7.73. The molecule has 0 bridgehead atoms. The molecule has 1 fully saturated rings. The van der Waals surface area contributed by atoms with Gasteiger partial charge in [-0.2, -0.15) is 4.31 Å².